The van der Waals surface area contributed by atoms with Crippen molar-refractivity contribution in [1.29, 1.82) is 0 Å². The van der Waals surface area contributed by atoms with Gasteiger partial charge >= 0.3 is 5.97 Å². The van der Waals surface area contributed by atoms with E-state index in [-0.39, 0.29) is 29.6 Å². The number of nitro groups is 1. The second kappa shape index (κ2) is 4.08. The molecule has 1 aromatic rings. The van der Waals surface area contributed by atoms with E-state index in [0.717, 1.165) is 24.8 Å². The third kappa shape index (κ3) is 1.75. The van der Waals surface area contributed by atoms with Crippen molar-refractivity contribution in [2.75, 3.05) is 0 Å². The number of rotatable bonds is 2. The van der Waals surface area contributed by atoms with Crippen LogP contribution in [-0.2, 0) is 9.53 Å². The number of fused-ring (bicyclic) bond motifs is 3. The summed E-state index contributed by atoms with van der Waals surface area (Å²) in [6.07, 6.45) is 2.57. The lowest BCUT2D eigenvalue weighted by Gasteiger charge is -2.41. The van der Waals surface area contributed by atoms with E-state index in [1.165, 1.54) is 12.1 Å². The molecule has 5 nitrogen and oxygen atoms in total. The van der Waals surface area contributed by atoms with Crippen LogP contribution in [0.2, 0.25) is 0 Å². The molecule has 1 saturated carbocycles. The van der Waals surface area contributed by atoms with Crippen molar-refractivity contribution in [1.82, 2.24) is 0 Å². The lowest BCUT2D eigenvalue weighted by Crippen LogP contribution is -2.42. The second-order valence-corrected chi connectivity index (χ2v) is 4.94. The molecule has 0 radical (unpaired) electrons. The summed E-state index contributed by atoms with van der Waals surface area (Å²) in [5.74, 6) is 0.127. The quantitative estimate of drug-likeness (QED) is 0.457. The molecule has 3 fully saturated rings. The number of benzene rings is 1. The van der Waals surface area contributed by atoms with Crippen LogP contribution in [0.15, 0.2) is 24.3 Å². The van der Waals surface area contributed by atoms with Crippen LogP contribution in [0.1, 0.15) is 30.7 Å². The molecular weight excluding hydrogens is 234 g/mol. The maximum Gasteiger partial charge on any atom is 0.309 e. The molecular formula is C13H13NO4. The van der Waals surface area contributed by atoms with Crippen molar-refractivity contribution in [2.24, 2.45) is 5.92 Å². The molecule has 0 amide bonds. The van der Waals surface area contributed by atoms with Gasteiger partial charge in [0, 0.05) is 18.1 Å². The molecule has 0 aromatic heterocycles. The molecule has 3 aliphatic rings. The number of nitro benzene ring substituents is 1. The van der Waals surface area contributed by atoms with E-state index in [4.69, 9.17) is 4.74 Å². The highest BCUT2D eigenvalue weighted by Gasteiger charge is 2.43. The fourth-order valence-electron chi connectivity index (χ4n) is 2.94. The number of carbonyl (C=O) groups excluding carboxylic acids is 1. The Balaban J connectivity index is 1.83. The first kappa shape index (κ1) is 11.2. The van der Waals surface area contributed by atoms with Gasteiger partial charge in [0.2, 0.25) is 0 Å². The Bertz CT molecular complexity index is 496. The van der Waals surface area contributed by atoms with Crippen molar-refractivity contribution in [3.05, 3.63) is 39.9 Å². The maximum atomic E-state index is 11.5. The van der Waals surface area contributed by atoms with Gasteiger partial charge in [0.25, 0.3) is 5.69 Å². The van der Waals surface area contributed by atoms with Gasteiger partial charge in [-0.1, -0.05) is 12.1 Å². The molecule has 4 rings (SSSR count). The molecule has 3 atom stereocenters. The summed E-state index contributed by atoms with van der Waals surface area (Å²) in [6.45, 7) is 0. The summed E-state index contributed by atoms with van der Waals surface area (Å²) in [7, 11) is 0. The van der Waals surface area contributed by atoms with Gasteiger partial charge in [0.05, 0.1) is 10.8 Å². The Labute approximate surface area is 104 Å². The van der Waals surface area contributed by atoms with Crippen LogP contribution < -0.4 is 0 Å². The van der Waals surface area contributed by atoms with Crippen LogP contribution in [0.3, 0.4) is 0 Å². The topological polar surface area (TPSA) is 69.4 Å². The molecule has 2 bridgehead atoms. The van der Waals surface area contributed by atoms with E-state index in [2.05, 4.69) is 0 Å². The van der Waals surface area contributed by atoms with Crippen molar-refractivity contribution in [2.45, 2.75) is 31.3 Å². The van der Waals surface area contributed by atoms with Crippen LogP contribution in [0.25, 0.3) is 0 Å². The van der Waals surface area contributed by atoms with Crippen LogP contribution in [0.5, 0.6) is 0 Å². The Hall–Kier alpha value is -1.91. The highest BCUT2D eigenvalue weighted by Crippen LogP contribution is 2.43. The Morgan fingerprint density at radius 1 is 1.22 bits per heavy atom. The molecule has 2 aliphatic heterocycles. The van der Waals surface area contributed by atoms with Gasteiger partial charge in [-0.2, -0.15) is 0 Å². The van der Waals surface area contributed by atoms with Gasteiger partial charge in [-0.3, -0.25) is 14.9 Å². The first-order chi connectivity index (χ1) is 8.65. The SMILES string of the molecule is O=C1O[C@H]2CC[C@@H]1C[C@@H]2c1ccc([N+](=O)[O-])cc1. The van der Waals surface area contributed by atoms with Crippen LogP contribution >= 0.6 is 0 Å². The Morgan fingerprint density at radius 3 is 2.44 bits per heavy atom. The van der Waals surface area contributed by atoms with Crippen molar-refractivity contribution < 1.29 is 14.5 Å². The number of hydrogen-bond acceptors (Lipinski definition) is 4. The van der Waals surface area contributed by atoms with Crippen molar-refractivity contribution in [3.63, 3.8) is 0 Å². The van der Waals surface area contributed by atoms with Gasteiger partial charge in [-0.25, -0.2) is 0 Å². The summed E-state index contributed by atoms with van der Waals surface area (Å²) in [6, 6.07) is 6.58. The lowest BCUT2D eigenvalue weighted by atomic mass is 9.73. The van der Waals surface area contributed by atoms with Gasteiger partial charge in [0.15, 0.2) is 0 Å². The molecule has 2 heterocycles. The van der Waals surface area contributed by atoms with Crippen molar-refractivity contribution >= 4 is 11.7 Å². The normalized spacial score (nSPS) is 30.0. The van der Waals surface area contributed by atoms with Gasteiger partial charge in [-0.05, 0) is 24.8 Å². The van der Waals surface area contributed by atoms with E-state index in [1.807, 2.05) is 0 Å². The van der Waals surface area contributed by atoms with E-state index >= 15 is 0 Å². The predicted octanol–water partition coefficient (Wildman–Crippen LogP) is 2.40. The summed E-state index contributed by atoms with van der Waals surface area (Å²) >= 11 is 0. The fourth-order valence-corrected chi connectivity index (χ4v) is 2.94. The molecule has 0 unspecified atom stereocenters. The third-order valence-electron chi connectivity index (χ3n) is 3.92. The van der Waals surface area contributed by atoms with Gasteiger partial charge in [-0.15, -0.1) is 0 Å². The highest BCUT2D eigenvalue weighted by molar-refractivity contribution is 5.74. The average molecular weight is 247 g/mol. The maximum absolute atomic E-state index is 11.5. The van der Waals surface area contributed by atoms with E-state index < -0.39 is 4.92 Å². The lowest BCUT2D eigenvalue weighted by molar-refractivity contribution is -0.384. The first-order valence-corrected chi connectivity index (χ1v) is 6.10. The molecule has 94 valence electrons. The fraction of sp³-hybridized carbons (Fsp3) is 0.462. The predicted molar refractivity (Wildman–Crippen MR) is 63.1 cm³/mol. The average Bonchev–Trinajstić information content (AvgIpc) is 2.39. The zero-order valence-corrected chi connectivity index (χ0v) is 9.74. The summed E-state index contributed by atoms with van der Waals surface area (Å²) in [5.41, 5.74) is 1.12. The monoisotopic (exact) mass is 247 g/mol. The minimum absolute atomic E-state index is 0.00944. The number of nitrogens with zero attached hydrogens (tertiary/aromatic N) is 1. The first-order valence-electron chi connectivity index (χ1n) is 6.10. The zero-order valence-electron chi connectivity index (χ0n) is 9.74. The highest BCUT2D eigenvalue weighted by atomic mass is 16.6. The molecule has 1 aromatic carbocycles. The van der Waals surface area contributed by atoms with E-state index in [9.17, 15) is 14.9 Å². The Morgan fingerprint density at radius 2 is 1.94 bits per heavy atom. The molecule has 0 N–H and O–H groups in total. The minimum atomic E-state index is -0.406. The standard InChI is InChI=1S/C13H13NO4/c15-13-9-3-6-12(18-13)11(7-9)8-1-4-10(5-2-8)14(16)17/h1-2,4-5,9,11-12H,3,6-7H2/t9-,11-,12+/m1/s1. The van der Waals surface area contributed by atoms with Crippen molar-refractivity contribution in [3.8, 4) is 0 Å². The smallest absolute Gasteiger partial charge is 0.309 e. The zero-order chi connectivity index (χ0) is 12.7. The van der Waals surface area contributed by atoms with E-state index in [0.29, 0.717) is 0 Å². The number of ether oxygens (including phenoxy) is 1. The summed E-state index contributed by atoms with van der Waals surface area (Å²) in [4.78, 5) is 21.7. The summed E-state index contributed by atoms with van der Waals surface area (Å²) < 4.78 is 5.36. The third-order valence-corrected chi connectivity index (χ3v) is 3.92. The van der Waals surface area contributed by atoms with Gasteiger partial charge in [0.1, 0.15) is 6.10 Å². The van der Waals surface area contributed by atoms with E-state index in [1.54, 1.807) is 12.1 Å². The van der Waals surface area contributed by atoms with Crippen LogP contribution in [-0.4, -0.2) is 17.0 Å². The molecule has 0 spiro atoms. The number of non-ortho nitro benzene ring substituents is 1. The molecule has 18 heavy (non-hydrogen) atoms. The summed E-state index contributed by atoms with van der Waals surface area (Å²) in [5, 5.41) is 10.6. The number of hydrogen-bond donors (Lipinski definition) is 0. The molecule has 5 heteroatoms. The molecule has 2 saturated heterocycles. The van der Waals surface area contributed by atoms with Gasteiger partial charge < -0.3 is 4.74 Å². The number of carbonyl (C=O) groups is 1. The van der Waals surface area contributed by atoms with Crippen LogP contribution in [0.4, 0.5) is 5.69 Å². The second-order valence-electron chi connectivity index (χ2n) is 4.94. The number of esters is 1. The minimum Gasteiger partial charge on any atom is -0.462 e. The Kier molecular flexibility index (Phi) is 2.54. The molecule has 1 aliphatic carbocycles. The largest absolute Gasteiger partial charge is 0.462 e. The van der Waals surface area contributed by atoms with Crippen LogP contribution in [0, 0.1) is 16.0 Å².